The third-order valence-corrected chi connectivity index (χ3v) is 6.47. The van der Waals surface area contributed by atoms with Gasteiger partial charge in [-0.25, -0.2) is 8.78 Å². The van der Waals surface area contributed by atoms with E-state index in [2.05, 4.69) is 4.98 Å². The van der Waals surface area contributed by atoms with Crippen LogP contribution in [-0.4, -0.2) is 33.8 Å². The SMILES string of the molecule is CC1(C)CC2(CCC(F)(F)CC2)CN1C(=O)c1cc2cccc(Cl)c2[nH]1. The Bertz CT molecular complexity index is 864. The number of H-pyrrole nitrogens is 1. The predicted molar refractivity (Wildman–Crippen MR) is 98.9 cm³/mol. The monoisotopic (exact) mass is 380 g/mol. The second-order valence-corrected chi connectivity index (χ2v) is 9.03. The number of para-hydroxylation sites is 1. The Kier molecular flexibility index (Phi) is 3.89. The molecule has 1 aliphatic heterocycles. The molecule has 0 radical (unpaired) electrons. The van der Waals surface area contributed by atoms with Crippen LogP contribution in [0.25, 0.3) is 10.9 Å². The molecule has 1 spiro atoms. The number of nitrogens with one attached hydrogen (secondary N) is 1. The number of alkyl halides is 2. The molecule has 1 saturated heterocycles. The quantitative estimate of drug-likeness (QED) is 0.682. The fourth-order valence-corrected chi connectivity index (χ4v) is 5.06. The number of carbonyl (C=O) groups is 1. The standard InChI is InChI=1S/C20H23ClF2N2O/c1-18(2)11-19(6-8-20(22,23)9-7-19)12-25(18)17(26)15-10-13-4-3-5-14(21)16(13)24-15/h3-5,10,24H,6-9,11-12H2,1-2H3. The van der Waals surface area contributed by atoms with Crippen LogP contribution in [0.1, 0.15) is 56.4 Å². The molecule has 2 aromatic rings. The zero-order chi connectivity index (χ0) is 18.7. The molecule has 1 N–H and O–H groups in total. The zero-order valence-corrected chi connectivity index (χ0v) is 15.8. The number of rotatable bonds is 1. The van der Waals surface area contributed by atoms with E-state index in [4.69, 9.17) is 11.6 Å². The van der Waals surface area contributed by atoms with Crippen molar-refractivity contribution in [1.82, 2.24) is 9.88 Å². The molecule has 2 fully saturated rings. The Morgan fingerprint density at radius 3 is 2.54 bits per heavy atom. The molecule has 1 aromatic carbocycles. The van der Waals surface area contributed by atoms with Crippen LogP contribution in [-0.2, 0) is 0 Å². The van der Waals surface area contributed by atoms with E-state index < -0.39 is 5.92 Å². The van der Waals surface area contributed by atoms with Crippen LogP contribution in [0.2, 0.25) is 5.02 Å². The number of amides is 1. The summed E-state index contributed by atoms with van der Waals surface area (Å²) in [6.07, 6.45) is 1.57. The highest BCUT2D eigenvalue weighted by Crippen LogP contribution is 2.53. The number of aromatic nitrogens is 1. The van der Waals surface area contributed by atoms with Crippen molar-refractivity contribution in [3.8, 4) is 0 Å². The first-order chi connectivity index (χ1) is 12.1. The Balaban J connectivity index is 1.62. The molecule has 1 aliphatic carbocycles. The van der Waals surface area contributed by atoms with E-state index in [0.29, 0.717) is 30.1 Å². The van der Waals surface area contributed by atoms with Gasteiger partial charge in [0.2, 0.25) is 5.92 Å². The second-order valence-electron chi connectivity index (χ2n) is 8.62. The van der Waals surface area contributed by atoms with Crippen molar-refractivity contribution in [2.24, 2.45) is 5.41 Å². The molecule has 2 heterocycles. The van der Waals surface area contributed by atoms with Crippen molar-refractivity contribution >= 4 is 28.4 Å². The first-order valence-corrected chi connectivity index (χ1v) is 9.46. The molecule has 140 valence electrons. The number of fused-ring (bicyclic) bond motifs is 1. The molecule has 0 unspecified atom stereocenters. The van der Waals surface area contributed by atoms with Gasteiger partial charge in [0.25, 0.3) is 5.91 Å². The minimum absolute atomic E-state index is 0.0763. The lowest BCUT2D eigenvalue weighted by Crippen LogP contribution is -2.43. The van der Waals surface area contributed by atoms with Crippen LogP contribution in [0.3, 0.4) is 0 Å². The Labute approximate surface area is 156 Å². The highest BCUT2D eigenvalue weighted by Gasteiger charge is 2.54. The number of hydrogen-bond acceptors (Lipinski definition) is 1. The predicted octanol–water partition coefficient (Wildman–Crippen LogP) is 5.64. The number of hydrogen-bond donors (Lipinski definition) is 1. The minimum Gasteiger partial charge on any atom is -0.349 e. The van der Waals surface area contributed by atoms with E-state index >= 15 is 0 Å². The average molecular weight is 381 g/mol. The molecule has 1 amide bonds. The van der Waals surface area contributed by atoms with Crippen molar-refractivity contribution in [3.05, 3.63) is 35.0 Å². The maximum Gasteiger partial charge on any atom is 0.270 e. The largest absolute Gasteiger partial charge is 0.349 e. The van der Waals surface area contributed by atoms with Gasteiger partial charge in [-0.1, -0.05) is 23.7 Å². The summed E-state index contributed by atoms with van der Waals surface area (Å²) in [7, 11) is 0. The first kappa shape index (κ1) is 17.8. The molecule has 6 heteroatoms. The average Bonchev–Trinajstić information content (AvgIpc) is 3.10. The summed E-state index contributed by atoms with van der Waals surface area (Å²) in [4.78, 5) is 18.2. The number of halogens is 3. The van der Waals surface area contributed by atoms with Crippen LogP contribution >= 0.6 is 11.6 Å². The van der Waals surface area contributed by atoms with E-state index in [0.717, 1.165) is 17.3 Å². The van der Waals surface area contributed by atoms with Gasteiger partial charge in [-0.2, -0.15) is 0 Å². The van der Waals surface area contributed by atoms with Crippen molar-refractivity contribution in [2.75, 3.05) is 6.54 Å². The molecule has 1 saturated carbocycles. The maximum absolute atomic E-state index is 13.6. The smallest absolute Gasteiger partial charge is 0.270 e. The van der Waals surface area contributed by atoms with E-state index in [1.54, 1.807) is 6.07 Å². The van der Waals surface area contributed by atoms with Gasteiger partial charge in [0.1, 0.15) is 5.69 Å². The van der Waals surface area contributed by atoms with E-state index in [1.807, 2.05) is 36.9 Å². The highest BCUT2D eigenvalue weighted by atomic mass is 35.5. The zero-order valence-electron chi connectivity index (χ0n) is 15.0. The summed E-state index contributed by atoms with van der Waals surface area (Å²) in [5, 5.41) is 1.47. The first-order valence-electron chi connectivity index (χ1n) is 9.08. The summed E-state index contributed by atoms with van der Waals surface area (Å²) < 4.78 is 27.2. The van der Waals surface area contributed by atoms with E-state index in [9.17, 15) is 13.6 Å². The number of benzene rings is 1. The van der Waals surface area contributed by atoms with Crippen molar-refractivity contribution in [1.29, 1.82) is 0 Å². The molecule has 26 heavy (non-hydrogen) atoms. The van der Waals surface area contributed by atoms with E-state index in [1.165, 1.54) is 0 Å². The van der Waals surface area contributed by atoms with Crippen LogP contribution in [0.4, 0.5) is 8.78 Å². The van der Waals surface area contributed by atoms with Gasteiger partial charge >= 0.3 is 0 Å². The molecule has 4 rings (SSSR count). The summed E-state index contributed by atoms with van der Waals surface area (Å²) in [6.45, 7) is 4.60. The van der Waals surface area contributed by atoms with Crippen LogP contribution in [0.15, 0.2) is 24.3 Å². The Morgan fingerprint density at radius 1 is 1.19 bits per heavy atom. The summed E-state index contributed by atoms with van der Waals surface area (Å²) in [5.41, 5.74) is 0.705. The number of aromatic amines is 1. The van der Waals surface area contributed by atoms with Gasteiger partial charge in [-0.3, -0.25) is 4.79 Å². The molecule has 1 aromatic heterocycles. The van der Waals surface area contributed by atoms with Crippen molar-refractivity contribution in [2.45, 2.75) is 57.4 Å². The van der Waals surface area contributed by atoms with Gasteiger partial charge in [-0.05, 0) is 50.7 Å². The summed E-state index contributed by atoms with van der Waals surface area (Å²) in [6, 6.07) is 7.36. The van der Waals surface area contributed by atoms with Gasteiger partial charge < -0.3 is 9.88 Å². The number of nitrogens with zero attached hydrogens (tertiary/aromatic N) is 1. The second kappa shape index (κ2) is 5.69. The Morgan fingerprint density at radius 2 is 1.88 bits per heavy atom. The lowest BCUT2D eigenvalue weighted by molar-refractivity contribution is -0.0647. The van der Waals surface area contributed by atoms with Crippen molar-refractivity contribution in [3.63, 3.8) is 0 Å². The molecule has 0 bridgehead atoms. The number of likely N-dealkylation sites (tertiary alicyclic amines) is 1. The number of carbonyl (C=O) groups excluding carboxylic acids is 1. The summed E-state index contributed by atoms with van der Waals surface area (Å²) in [5.74, 6) is -2.64. The van der Waals surface area contributed by atoms with Gasteiger partial charge in [0, 0.05) is 30.3 Å². The molecule has 0 atom stereocenters. The lowest BCUT2D eigenvalue weighted by Gasteiger charge is -2.37. The van der Waals surface area contributed by atoms with Gasteiger partial charge in [0.15, 0.2) is 0 Å². The third kappa shape index (κ3) is 2.90. The fourth-order valence-electron chi connectivity index (χ4n) is 4.83. The highest BCUT2D eigenvalue weighted by molar-refractivity contribution is 6.35. The van der Waals surface area contributed by atoms with E-state index in [-0.39, 0.29) is 29.7 Å². The van der Waals surface area contributed by atoms with Crippen molar-refractivity contribution < 1.29 is 13.6 Å². The van der Waals surface area contributed by atoms with Gasteiger partial charge in [0.05, 0.1) is 10.5 Å². The molecular weight excluding hydrogens is 358 g/mol. The lowest BCUT2D eigenvalue weighted by atomic mass is 9.70. The molecule has 2 aliphatic rings. The Hall–Kier alpha value is -1.62. The molecular formula is C20H23ClF2N2O. The van der Waals surface area contributed by atoms with Crippen LogP contribution in [0.5, 0.6) is 0 Å². The van der Waals surface area contributed by atoms with Gasteiger partial charge in [-0.15, -0.1) is 0 Å². The fraction of sp³-hybridized carbons (Fsp3) is 0.550. The minimum atomic E-state index is -2.55. The van der Waals surface area contributed by atoms with Crippen LogP contribution < -0.4 is 0 Å². The molecule has 3 nitrogen and oxygen atoms in total. The van der Waals surface area contributed by atoms with Crippen LogP contribution in [0, 0.1) is 5.41 Å². The normalized spacial score (nSPS) is 23.7. The maximum atomic E-state index is 13.6. The summed E-state index contributed by atoms with van der Waals surface area (Å²) >= 11 is 6.21. The topological polar surface area (TPSA) is 36.1 Å². The third-order valence-electron chi connectivity index (χ3n) is 6.15.